The number of hydrogen-bond donors (Lipinski definition) is 1. The second kappa shape index (κ2) is 8.97. The van der Waals surface area contributed by atoms with Crippen molar-refractivity contribution in [1.82, 2.24) is 5.32 Å². The lowest BCUT2D eigenvalue weighted by atomic mass is 10.0. The zero-order chi connectivity index (χ0) is 11.6. The van der Waals surface area contributed by atoms with Crippen LogP contribution in [0.15, 0.2) is 0 Å². The molecule has 1 atom stereocenters. The van der Waals surface area contributed by atoms with Crippen LogP contribution in [0.4, 0.5) is 0 Å². The smallest absolute Gasteiger partial charge is 0.0559 e. The van der Waals surface area contributed by atoms with Gasteiger partial charge in [0.15, 0.2) is 0 Å². The maximum Gasteiger partial charge on any atom is 0.0559 e. The third-order valence-corrected chi connectivity index (χ3v) is 3.11. The van der Waals surface area contributed by atoms with Crippen molar-refractivity contribution in [2.45, 2.75) is 45.6 Å². The Morgan fingerprint density at radius 1 is 1.31 bits per heavy atom. The van der Waals surface area contributed by atoms with Crippen LogP contribution in [0.3, 0.4) is 0 Å². The molecule has 1 rings (SSSR count). The minimum Gasteiger partial charge on any atom is -0.381 e. The van der Waals surface area contributed by atoms with Crippen LogP contribution in [-0.4, -0.2) is 39.0 Å². The van der Waals surface area contributed by atoms with Crippen LogP contribution in [-0.2, 0) is 9.47 Å². The van der Waals surface area contributed by atoms with Gasteiger partial charge in [0.25, 0.3) is 0 Å². The van der Waals surface area contributed by atoms with E-state index in [4.69, 9.17) is 9.47 Å². The molecule has 1 fully saturated rings. The molecule has 1 saturated heterocycles. The van der Waals surface area contributed by atoms with Gasteiger partial charge >= 0.3 is 0 Å². The second-order valence-electron chi connectivity index (χ2n) is 4.74. The molecule has 0 saturated carbocycles. The Bertz CT molecular complexity index is 158. The fourth-order valence-electron chi connectivity index (χ4n) is 1.90. The van der Waals surface area contributed by atoms with Crippen LogP contribution >= 0.6 is 0 Å². The summed E-state index contributed by atoms with van der Waals surface area (Å²) in [5, 5.41) is 3.40. The van der Waals surface area contributed by atoms with E-state index in [0.29, 0.717) is 6.10 Å². The van der Waals surface area contributed by atoms with Crippen LogP contribution < -0.4 is 5.32 Å². The van der Waals surface area contributed by atoms with Gasteiger partial charge in [0, 0.05) is 19.8 Å². The number of ether oxygens (including phenoxy) is 2. The average Bonchev–Trinajstić information content (AvgIpc) is 2.33. The summed E-state index contributed by atoms with van der Waals surface area (Å²) in [7, 11) is 0. The first-order valence-electron chi connectivity index (χ1n) is 6.73. The summed E-state index contributed by atoms with van der Waals surface area (Å²) in [6, 6.07) is 0. The summed E-state index contributed by atoms with van der Waals surface area (Å²) < 4.78 is 11.2. The average molecular weight is 229 g/mol. The summed E-state index contributed by atoms with van der Waals surface area (Å²) in [5.41, 5.74) is 0. The SMILES string of the molecule is CCCNCCC(C)OCC1CCOCC1. The van der Waals surface area contributed by atoms with Crippen LogP contribution in [0.2, 0.25) is 0 Å². The van der Waals surface area contributed by atoms with E-state index < -0.39 is 0 Å². The van der Waals surface area contributed by atoms with Gasteiger partial charge in [-0.15, -0.1) is 0 Å². The molecular weight excluding hydrogens is 202 g/mol. The van der Waals surface area contributed by atoms with Gasteiger partial charge in [-0.3, -0.25) is 0 Å². The van der Waals surface area contributed by atoms with Crippen molar-refractivity contribution in [2.24, 2.45) is 5.92 Å². The quantitative estimate of drug-likeness (QED) is 0.647. The minimum absolute atomic E-state index is 0.382. The molecule has 3 heteroatoms. The molecule has 1 aliphatic heterocycles. The van der Waals surface area contributed by atoms with E-state index in [1.807, 2.05) is 0 Å². The maximum absolute atomic E-state index is 5.87. The molecule has 0 amide bonds. The van der Waals surface area contributed by atoms with E-state index in [-0.39, 0.29) is 0 Å². The molecule has 1 aliphatic rings. The van der Waals surface area contributed by atoms with E-state index in [2.05, 4.69) is 19.2 Å². The number of nitrogens with one attached hydrogen (secondary N) is 1. The molecule has 0 aromatic carbocycles. The zero-order valence-electron chi connectivity index (χ0n) is 10.8. The fourth-order valence-corrected chi connectivity index (χ4v) is 1.90. The van der Waals surface area contributed by atoms with Crippen molar-refractivity contribution in [3.05, 3.63) is 0 Å². The summed E-state index contributed by atoms with van der Waals surface area (Å²) in [4.78, 5) is 0. The molecule has 1 heterocycles. The standard InChI is InChI=1S/C13H27NO2/c1-3-7-14-8-4-12(2)16-11-13-5-9-15-10-6-13/h12-14H,3-11H2,1-2H3. The number of rotatable bonds is 8. The molecule has 0 spiro atoms. The van der Waals surface area contributed by atoms with Gasteiger partial charge in [0.1, 0.15) is 0 Å². The lowest BCUT2D eigenvalue weighted by Gasteiger charge is -2.23. The summed E-state index contributed by atoms with van der Waals surface area (Å²) >= 11 is 0. The van der Waals surface area contributed by atoms with Crippen molar-refractivity contribution in [3.8, 4) is 0 Å². The van der Waals surface area contributed by atoms with E-state index in [0.717, 1.165) is 45.2 Å². The van der Waals surface area contributed by atoms with Crippen LogP contribution in [0.5, 0.6) is 0 Å². The highest BCUT2D eigenvalue weighted by atomic mass is 16.5. The van der Waals surface area contributed by atoms with Crippen molar-refractivity contribution >= 4 is 0 Å². The molecule has 0 bridgehead atoms. The second-order valence-corrected chi connectivity index (χ2v) is 4.74. The highest BCUT2D eigenvalue weighted by molar-refractivity contribution is 4.63. The Labute approximate surface area is 99.9 Å². The monoisotopic (exact) mass is 229 g/mol. The fraction of sp³-hybridized carbons (Fsp3) is 1.00. The van der Waals surface area contributed by atoms with Crippen molar-refractivity contribution < 1.29 is 9.47 Å². The van der Waals surface area contributed by atoms with Gasteiger partial charge in [-0.2, -0.15) is 0 Å². The predicted molar refractivity (Wildman–Crippen MR) is 66.7 cm³/mol. The van der Waals surface area contributed by atoms with Gasteiger partial charge in [0.2, 0.25) is 0 Å². The lowest BCUT2D eigenvalue weighted by Crippen LogP contribution is -2.25. The highest BCUT2D eigenvalue weighted by Crippen LogP contribution is 2.15. The van der Waals surface area contributed by atoms with E-state index in [1.165, 1.54) is 19.3 Å². The summed E-state index contributed by atoms with van der Waals surface area (Å²) in [6.07, 6.45) is 5.04. The molecule has 0 aromatic rings. The zero-order valence-corrected chi connectivity index (χ0v) is 10.8. The lowest BCUT2D eigenvalue weighted by molar-refractivity contribution is -0.00695. The molecule has 96 valence electrons. The Morgan fingerprint density at radius 3 is 2.75 bits per heavy atom. The first kappa shape index (κ1) is 13.9. The van der Waals surface area contributed by atoms with Gasteiger partial charge in [0.05, 0.1) is 6.10 Å². The minimum atomic E-state index is 0.382. The van der Waals surface area contributed by atoms with Crippen LogP contribution in [0, 0.1) is 5.92 Å². The van der Waals surface area contributed by atoms with E-state index in [1.54, 1.807) is 0 Å². The summed E-state index contributed by atoms with van der Waals surface area (Å²) in [6.45, 7) is 9.31. The number of hydrogen-bond acceptors (Lipinski definition) is 3. The first-order chi connectivity index (χ1) is 7.83. The van der Waals surface area contributed by atoms with Gasteiger partial charge < -0.3 is 14.8 Å². The molecule has 0 aromatic heterocycles. The van der Waals surface area contributed by atoms with E-state index in [9.17, 15) is 0 Å². The highest BCUT2D eigenvalue weighted by Gasteiger charge is 2.14. The van der Waals surface area contributed by atoms with Gasteiger partial charge in [-0.1, -0.05) is 6.92 Å². The summed E-state index contributed by atoms with van der Waals surface area (Å²) in [5.74, 6) is 0.722. The van der Waals surface area contributed by atoms with Crippen LogP contribution in [0.25, 0.3) is 0 Å². The Balaban J connectivity index is 1.94. The third-order valence-electron chi connectivity index (χ3n) is 3.11. The van der Waals surface area contributed by atoms with Crippen molar-refractivity contribution in [1.29, 1.82) is 0 Å². The molecular formula is C13H27NO2. The van der Waals surface area contributed by atoms with Crippen molar-refractivity contribution in [2.75, 3.05) is 32.9 Å². The molecule has 16 heavy (non-hydrogen) atoms. The Morgan fingerprint density at radius 2 is 2.06 bits per heavy atom. The van der Waals surface area contributed by atoms with Crippen LogP contribution in [0.1, 0.15) is 39.5 Å². The normalized spacial score (nSPS) is 19.9. The van der Waals surface area contributed by atoms with Gasteiger partial charge in [-0.05, 0) is 51.6 Å². The maximum atomic E-state index is 5.87. The third kappa shape index (κ3) is 6.46. The predicted octanol–water partition coefficient (Wildman–Crippen LogP) is 2.21. The molecule has 0 radical (unpaired) electrons. The molecule has 3 nitrogen and oxygen atoms in total. The van der Waals surface area contributed by atoms with Crippen molar-refractivity contribution in [3.63, 3.8) is 0 Å². The Hall–Kier alpha value is -0.120. The molecule has 0 aliphatic carbocycles. The Kier molecular flexibility index (Phi) is 7.81. The first-order valence-corrected chi connectivity index (χ1v) is 6.73. The topological polar surface area (TPSA) is 30.5 Å². The molecule has 1 unspecified atom stereocenters. The van der Waals surface area contributed by atoms with Gasteiger partial charge in [-0.25, -0.2) is 0 Å². The van der Waals surface area contributed by atoms with E-state index >= 15 is 0 Å². The largest absolute Gasteiger partial charge is 0.381 e. The molecule has 1 N–H and O–H groups in total.